The maximum atomic E-state index is 12.3. The first-order chi connectivity index (χ1) is 8.75. The number of nitrogens with zero attached hydrogens (tertiary/aromatic N) is 2. The van der Waals surface area contributed by atoms with Gasteiger partial charge in [0.05, 0.1) is 19.1 Å². The molecule has 0 aromatic carbocycles. The fraction of sp³-hybridized carbons (Fsp3) is 0.769. The normalized spacial score (nSPS) is 12.6. The third-order valence-corrected chi connectivity index (χ3v) is 2.73. The van der Waals surface area contributed by atoms with Crippen LogP contribution in [0.25, 0.3) is 0 Å². The summed E-state index contributed by atoms with van der Waals surface area (Å²) in [5.74, 6) is -2.73. The van der Waals surface area contributed by atoms with E-state index in [1.807, 2.05) is 6.07 Å². The zero-order chi connectivity index (χ0) is 15.1. The van der Waals surface area contributed by atoms with Crippen LogP contribution in [0.1, 0.15) is 27.2 Å². The van der Waals surface area contributed by atoms with Crippen molar-refractivity contribution in [2.45, 2.75) is 27.2 Å². The number of carboxylic acids is 1. The molecular formula is C13H22N2O4. The summed E-state index contributed by atoms with van der Waals surface area (Å²) in [4.78, 5) is 25.0. The van der Waals surface area contributed by atoms with Crippen LogP contribution in [0.4, 0.5) is 0 Å². The zero-order valence-corrected chi connectivity index (χ0v) is 12.0. The van der Waals surface area contributed by atoms with Crippen molar-refractivity contribution in [3.05, 3.63) is 0 Å². The zero-order valence-electron chi connectivity index (χ0n) is 12.0. The van der Waals surface area contributed by atoms with Gasteiger partial charge in [-0.2, -0.15) is 5.26 Å². The molecule has 0 aromatic rings. The van der Waals surface area contributed by atoms with Crippen LogP contribution in [-0.4, -0.2) is 48.7 Å². The molecule has 1 amide bonds. The molecule has 0 aromatic heterocycles. The summed E-state index contributed by atoms with van der Waals surface area (Å²) in [6.07, 6.45) is 0.173. The van der Waals surface area contributed by atoms with Gasteiger partial charge in [0.1, 0.15) is 5.92 Å². The van der Waals surface area contributed by atoms with Crippen molar-refractivity contribution in [1.29, 1.82) is 5.26 Å². The van der Waals surface area contributed by atoms with E-state index >= 15 is 0 Å². The lowest BCUT2D eigenvalue weighted by Crippen LogP contribution is -2.46. The van der Waals surface area contributed by atoms with Crippen LogP contribution in [0.15, 0.2) is 0 Å². The first-order valence-electron chi connectivity index (χ1n) is 6.13. The highest BCUT2D eigenvalue weighted by Gasteiger charge is 2.39. The Kier molecular flexibility index (Phi) is 7.09. The van der Waals surface area contributed by atoms with Gasteiger partial charge in [0, 0.05) is 20.2 Å². The molecule has 1 atom stereocenters. The summed E-state index contributed by atoms with van der Waals surface area (Å²) >= 11 is 0. The van der Waals surface area contributed by atoms with Gasteiger partial charge in [-0.3, -0.25) is 9.59 Å². The summed E-state index contributed by atoms with van der Waals surface area (Å²) < 4.78 is 4.90. The average Bonchev–Trinajstić information content (AvgIpc) is 2.26. The molecule has 0 rings (SSSR count). The highest BCUT2D eigenvalue weighted by molar-refractivity contribution is 5.97. The Hall–Kier alpha value is -1.61. The molecular weight excluding hydrogens is 248 g/mol. The summed E-state index contributed by atoms with van der Waals surface area (Å²) in [6.45, 7) is 5.95. The molecule has 0 bridgehead atoms. The minimum atomic E-state index is -1.14. The van der Waals surface area contributed by atoms with Gasteiger partial charge in [0.15, 0.2) is 0 Å². The number of methoxy groups -OCH3 is 1. The van der Waals surface area contributed by atoms with Gasteiger partial charge in [-0.05, 0) is 5.41 Å². The van der Waals surface area contributed by atoms with Gasteiger partial charge < -0.3 is 14.7 Å². The van der Waals surface area contributed by atoms with Crippen LogP contribution in [0.5, 0.6) is 0 Å². The van der Waals surface area contributed by atoms with Crippen LogP contribution in [0.2, 0.25) is 0 Å². The Bertz CT molecular complexity index is 355. The van der Waals surface area contributed by atoms with Crippen LogP contribution in [-0.2, 0) is 14.3 Å². The van der Waals surface area contributed by atoms with Crippen LogP contribution in [0.3, 0.4) is 0 Å². The smallest absolute Gasteiger partial charge is 0.316 e. The summed E-state index contributed by atoms with van der Waals surface area (Å²) in [7, 11) is 1.51. The van der Waals surface area contributed by atoms with Gasteiger partial charge >= 0.3 is 5.97 Å². The fourth-order valence-electron chi connectivity index (χ4n) is 1.75. The summed E-state index contributed by atoms with van der Waals surface area (Å²) in [5, 5.41) is 17.8. The largest absolute Gasteiger partial charge is 0.481 e. The van der Waals surface area contributed by atoms with Crippen LogP contribution >= 0.6 is 0 Å². The third kappa shape index (κ3) is 5.71. The molecule has 0 aliphatic heterocycles. The predicted molar refractivity (Wildman–Crippen MR) is 69.3 cm³/mol. The maximum absolute atomic E-state index is 12.3. The van der Waals surface area contributed by atoms with Crippen molar-refractivity contribution < 1.29 is 19.4 Å². The Morgan fingerprint density at radius 1 is 1.37 bits per heavy atom. The van der Waals surface area contributed by atoms with E-state index in [9.17, 15) is 14.7 Å². The van der Waals surface area contributed by atoms with Crippen molar-refractivity contribution in [3.8, 4) is 6.07 Å². The monoisotopic (exact) mass is 270 g/mol. The van der Waals surface area contributed by atoms with Gasteiger partial charge in [0.25, 0.3) is 0 Å². The molecule has 0 aliphatic rings. The number of amides is 1. The second-order valence-corrected chi connectivity index (χ2v) is 5.36. The molecule has 0 heterocycles. The number of carboxylic acid groups (broad SMARTS) is 1. The highest BCUT2D eigenvalue weighted by Crippen LogP contribution is 2.28. The summed E-state index contributed by atoms with van der Waals surface area (Å²) in [5.41, 5.74) is -0.680. The maximum Gasteiger partial charge on any atom is 0.316 e. The predicted octanol–water partition coefficient (Wildman–Crippen LogP) is 1.12. The fourth-order valence-corrected chi connectivity index (χ4v) is 1.75. The molecule has 6 heteroatoms. The van der Waals surface area contributed by atoms with E-state index < -0.39 is 23.2 Å². The molecule has 0 radical (unpaired) electrons. The van der Waals surface area contributed by atoms with Crippen molar-refractivity contribution in [2.75, 3.05) is 26.8 Å². The Morgan fingerprint density at radius 2 is 1.95 bits per heavy atom. The molecule has 0 fully saturated rings. The van der Waals surface area contributed by atoms with E-state index in [1.165, 1.54) is 12.0 Å². The number of carbonyl (C=O) groups excluding carboxylic acids is 1. The van der Waals surface area contributed by atoms with E-state index in [1.54, 1.807) is 20.8 Å². The second-order valence-electron chi connectivity index (χ2n) is 5.36. The molecule has 108 valence electrons. The minimum absolute atomic E-state index is 0.173. The van der Waals surface area contributed by atoms with Gasteiger partial charge in [-0.1, -0.05) is 20.8 Å². The molecule has 1 N–H and O–H groups in total. The highest BCUT2D eigenvalue weighted by atomic mass is 16.5. The van der Waals surface area contributed by atoms with Crippen LogP contribution in [0, 0.1) is 22.7 Å². The van der Waals surface area contributed by atoms with E-state index in [2.05, 4.69) is 0 Å². The standard InChI is InChI=1S/C13H22N2O4/c1-13(2,3)10(12(17)18)11(16)15(7-5-6-14)8-9-19-4/h10H,5,7-9H2,1-4H3,(H,17,18). The topological polar surface area (TPSA) is 90.6 Å². The molecule has 1 unspecified atom stereocenters. The lowest BCUT2D eigenvalue weighted by atomic mass is 9.80. The summed E-state index contributed by atoms with van der Waals surface area (Å²) in [6, 6.07) is 1.95. The number of aliphatic carboxylic acids is 1. The SMILES string of the molecule is COCCN(CCC#N)C(=O)C(C(=O)O)C(C)(C)C. The quantitative estimate of drug-likeness (QED) is 0.700. The van der Waals surface area contributed by atoms with Crippen molar-refractivity contribution in [2.24, 2.45) is 11.3 Å². The van der Waals surface area contributed by atoms with E-state index in [0.29, 0.717) is 6.61 Å². The molecule has 0 spiro atoms. The molecule has 0 saturated heterocycles. The van der Waals surface area contributed by atoms with Crippen molar-refractivity contribution in [1.82, 2.24) is 4.90 Å². The van der Waals surface area contributed by atoms with Crippen molar-refractivity contribution in [3.63, 3.8) is 0 Å². The lowest BCUT2D eigenvalue weighted by molar-refractivity contribution is -0.156. The minimum Gasteiger partial charge on any atom is -0.481 e. The Morgan fingerprint density at radius 3 is 2.32 bits per heavy atom. The number of hydrogen-bond donors (Lipinski definition) is 1. The Balaban J connectivity index is 5.02. The number of ether oxygens (including phenoxy) is 1. The number of carbonyl (C=O) groups is 2. The number of hydrogen-bond acceptors (Lipinski definition) is 4. The lowest BCUT2D eigenvalue weighted by Gasteiger charge is -2.31. The van der Waals surface area contributed by atoms with Gasteiger partial charge in [0.2, 0.25) is 5.91 Å². The van der Waals surface area contributed by atoms with E-state index in [4.69, 9.17) is 10.00 Å². The molecule has 19 heavy (non-hydrogen) atoms. The number of rotatable bonds is 7. The van der Waals surface area contributed by atoms with Crippen LogP contribution < -0.4 is 0 Å². The van der Waals surface area contributed by atoms with E-state index in [0.717, 1.165) is 0 Å². The molecule has 0 saturated carbocycles. The first-order valence-corrected chi connectivity index (χ1v) is 6.13. The van der Waals surface area contributed by atoms with E-state index in [-0.39, 0.29) is 19.5 Å². The first kappa shape index (κ1) is 17.4. The third-order valence-electron chi connectivity index (χ3n) is 2.73. The van der Waals surface area contributed by atoms with Crippen molar-refractivity contribution >= 4 is 11.9 Å². The molecule has 0 aliphatic carbocycles. The molecule has 6 nitrogen and oxygen atoms in total. The number of nitriles is 1. The second kappa shape index (κ2) is 7.74. The Labute approximate surface area is 114 Å². The average molecular weight is 270 g/mol. The van der Waals surface area contributed by atoms with Gasteiger partial charge in [-0.25, -0.2) is 0 Å². The van der Waals surface area contributed by atoms with Gasteiger partial charge in [-0.15, -0.1) is 0 Å².